The fraction of sp³-hybridized carbons (Fsp3) is 0.200. The molecule has 1 aliphatic rings. The molecule has 156 valence electrons. The van der Waals surface area contributed by atoms with Gasteiger partial charge in [-0.3, -0.25) is 14.7 Å². The van der Waals surface area contributed by atoms with E-state index in [2.05, 4.69) is 9.88 Å². The van der Waals surface area contributed by atoms with Crippen LogP contribution in [0, 0.1) is 6.92 Å². The van der Waals surface area contributed by atoms with Gasteiger partial charge in [0.05, 0.1) is 23.6 Å². The van der Waals surface area contributed by atoms with Crippen molar-refractivity contribution in [2.24, 2.45) is 0 Å². The molecule has 0 spiro atoms. The van der Waals surface area contributed by atoms with E-state index in [4.69, 9.17) is 13.9 Å². The molecule has 1 aliphatic heterocycles. The largest absolute Gasteiger partial charge is 0.497 e. The highest BCUT2D eigenvalue weighted by molar-refractivity contribution is 5.86. The predicted molar refractivity (Wildman–Crippen MR) is 118 cm³/mol. The Kier molecular flexibility index (Phi) is 4.92. The van der Waals surface area contributed by atoms with Gasteiger partial charge in [-0.15, -0.1) is 0 Å². The number of nitrogens with zero attached hydrogens (tertiary/aromatic N) is 2. The number of aromatic nitrogens is 1. The second-order valence-electron chi connectivity index (χ2n) is 7.63. The van der Waals surface area contributed by atoms with Crippen molar-refractivity contribution in [2.75, 3.05) is 13.8 Å². The number of fused-ring (bicyclic) bond motifs is 3. The molecule has 0 N–H and O–H groups in total. The molecular formula is C25H22N2O4. The lowest BCUT2D eigenvalue weighted by atomic mass is 10.0. The second-order valence-corrected chi connectivity index (χ2v) is 7.63. The molecule has 6 nitrogen and oxygen atoms in total. The van der Waals surface area contributed by atoms with Crippen LogP contribution < -0.4 is 14.9 Å². The standard InChI is InChI=1S/C25H22N2O4/c1-16-23(18-3-5-19(29-2)6-4-18)24(28)20-7-8-22-21(25(20)31-16)14-27(15-30-22)13-17-9-11-26-12-10-17/h3-12H,13-15H2,1-2H3. The molecule has 0 aliphatic carbocycles. The first kappa shape index (κ1) is 19.3. The first-order valence-electron chi connectivity index (χ1n) is 10.1. The third-order valence-corrected chi connectivity index (χ3v) is 5.62. The van der Waals surface area contributed by atoms with Crippen molar-refractivity contribution in [3.05, 3.63) is 88.0 Å². The highest BCUT2D eigenvalue weighted by Gasteiger charge is 2.24. The van der Waals surface area contributed by atoms with Gasteiger partial charge < -0.3 is 13.9 Å². The predicted octanol–water partition coefficient (Wildman–Crippen LogP) is 4.52. The first-order valence-corrected chi connectivity index (χ1v) is 10.1. The number of benzene rings is 2. The van der Waals surface area contributed by atoms with Gasteiger partial charge in [-0.05, 0) is 54.4 Å². The van der Waals surface area contributed by atoms with Crippen LogP contribution in [0.5, 0.6) is 11.5 Å². The molecule has 3 heterocycles. The smallest absolute Gasteiger partial charge is 0.200 e. The fourth-order valence-electron chi connectivity index (χ4n) is 4.06. The van der Waals surface area contributed by atoms with Gasteiger partial charge in [-0.1, -0.05) is 12.1 Å². The Hall–Kier alpha value is -3.64. The van der Waals surface area contributed by atoms with E-state index in [1.165, 1.54) is 0 Å². The number of hydrogen-bond donors (Lipinski definition) is 0. The summed E-state index contributed by atoms with van der Waals surface area (Å²) in [5.74, 6) is 2.09. The number of aryl methyl sites for hydroxylation is 1. The monoisotopic (exact) mass is 414 g/mol. The average Bonchev–Trinajstić information content (AvgIpc) is 2.80. The lowest BCUT2D eigenvalue weighted by Crippen LogP contribution is -2.31. The molecule has 2 aromatic carbocycles. The SMILES string of the molecule is COc1ccc(-c2c(C)oc3c4c(ccc3c2=O)OCN(Cc2ccncc2)C4)cc1. The Bertz CT molecular complexity index is 1300. The molecule has 6 heteroatoms. The van der Waals surface area contributed by atoms with E-state index in [1.54, 1.807) is 25.6 Å². The minimum absolute atomic E-state index is 0.0435. The van der Waals surface area contributed by atoms with Crippen LogP contribution in [-0.2, 0) is 13.1 Å². The summed E-state index contributed by atoms with van der Waals surface area (Å²) in [6.45, 7) is 3.68. The molecular weight excluding hydrogens is 392 g/mol. The molecule has 5 rings (SSSR count). The van der Waals surface area contributed by atoms with Crippen LogP contribution in [0.2, 0.25) is 0 Å². The van der Waals surface area contributed by atoms with E-state index < -0.39 is 0 Å². The normalized spacial score (nSPS) is 13.6. The minimum Gasteiger partial charge on any atom is -0.497 e. The van der Waals surface area contributed by atoms with Crippen LogP contribution in [0.4, 0.5) is 0 Å². The van der Waals surface area contributed by atoms with E-state index in [1.807, 2.05) is 49.4 Å². The quantitative estimate of drug-likeness (QED) is 0.489. The summed E-state index contributed by atoms with van der Waals surface area (Å²) >= 11 is 0. The zero-order chi connectivity index (χ0) is 21.4. The van der Waals surface area contributed by atoms with Gasteiger partial charge in [0.25, 0.3) is 0 Å². The van der Waals surface area contributed by atoms with Crippen molar-refractivity contribution < 1.29 is 13.9 Å². The van der Waals surface area contributed by atoms with Crippen molar-refractivity contribution in [1.82, 2.24) is 9.88 Å². The zero-order valence-electron chi connectivity index (χ0n) is 17.4. The number of hydrogen-bond acceptors (Lipinski definition) is 6. The lowest BCUT2D eigenvalue weighted by Gasteiger charge is -2.29. The fourth-order valence-corrected chi connectivity index (χ4v) is 4.06. The van der Waals surface area contributed by atoms with Crippen LogP contribution in [-0.4, -0.2) is 23.7 Å². The van der Waals surface area contributed by atoms with Gasteiger partial charge >= 0.3 is 0 Å². The third-order valence-electron chi connectivity index (χ3n) is 5.62. The van der Waals surface area contributed by atoms with E-state index in [0.29, 0.717) is 35.6 Å². The molecule has 0 saturated carbocycles. The number of pyridine rings is 1. The molecule has 31 heavy (non-hydrogen) atoms. The Labute approximate surface area is 179 Å². The molecule has 0 radical (unpaired) electrons. The molecule has 4 aromatic rings. The molecule has 0 atom stereocenters. The zero-order valence-corrected chi connectivity index (χ0v) is 17.4. The van der Waals surface area contributed by atoms with Crippen LogP contribution in [0.1, 0.15) is 16.9 Å². The van der Waals surface area contributed by atoms with Crippen molar-refractivity contribution in [1.29, 1.82) is 0 Å². The van der Waals surface area contributed by atoms with Gasteiger partial charge in [-0.25, -0.2) is 0 Å². The Morgan fingerprint density at radius 1 is 1.06 bits per heavy atom. The summed E-state index contributed by atoms with van der Waals surface area (Å²) in [7, 11) is 1.62. The maximum absolute atomic E-state index is 13.4. The lowest BCUT2D eigenvalue weighted by molar-refractivity contribution is 0.0889. The van der Waals surface area contributed by atoms with Crippen molar-refractivity contribution >= 4 is 11.0 Å². The maximum Gasteiger partial charge on any atom is 0.200 e. The summed E-state index contributed by atoms with van der Waals surface area (Å²) in [6, 6.07) is 15.1. The summed E-state index contributed by atoms with van der Waals surface area (Å²) in [4.78, 5) is 19.7. The van der Waals surface area contributed by atoms with Crippen LogP contribution in [0.25, 0.3) is 22.1 Å². The highest BCUT2D eigenvalue weighted by Crippen LogP contribution is 2.34. The van der Waals surface area contributed by atoms with Crippen molar-refractivity contribution in [2.45, 2.75) is 20.0 Å². The van der Waals surface area contributed by atoms with Gasteiger partial charge in [0, 0.05) is 25.5 Å². The number of methoxy groups -OCH3 is 1. The Morgan fingerprint density at radius 2 is 1.84 bits per heavy atom. The van der Waals surface area contributed by atoms with Crippen LogP contribution >= 0.6 is 0 Å². The molecule has 0 amide bonds. The van der Waals surface area contributed by atoms with Crippen molar-refractivity contribution in [3.63, 3.8) is 0 Å². The van der Waals surface area contributed by atoms with Crippen molar-refractivity contribution in [3.8, 4) is 22.6 Å². The second kappa shape index (κ2) is 7.89. The molecule has 0 unspecified atom stereocenters. The molecule has 0 saturated heterocycles. The van der Waals surface area contributed by atoms with Gasteiger partial charge in [0.1, 0.15) is 29.6 Å². The molecule has 0 fully saturated rings. The van der Waals surface area contributed by atoms with E-state index in [0.717, 1.165) is 34.7 Å². The van der Waals surface area contributed by atoms with Crippen LogP contribution in [0.15, 0.2) is 70.1 Å². The third kappa shape index (κ3) is 3.55. The maximum atomic E-state index is 13.4. The Morgan fingerprint density at radius 3 is 2.58 bits per heavy atom. The highest BCUT2D eigenvalue weighted by atomic mass is 16.5. The topological polar surface area (TPSA) is 64.8 Å². The summed E-state index contributed by atoms with van der Waals surface area (Å²) in [6.07, 6.45) is 3.57. The molecule has 2 aromatic heterocycles. The van der Waals surface area contributed by atoms with E-state index in [9.17, 15) is 4.79 Å². The molecule has 0 bridgehead atoms. The summed E-state index contributed by atoms with van der Waals surface area (Å²) in [5.41, 5.74) is 3.98. The average molecular weight is 414 g/mol. The van der Waals surface area contributed by atoms with Gasteiger partial charge in [0.2, 0.25) is 5.43 Å². The van der Waals surface area contributed by atoms with E-state index >= 15 is 0 Å². The summed E-state index contributed by atoms with van der Waals surface area (Å²) in [5, 5.41) is 0.560. The van der Waals surface area contributed by atoms with Crippen LogP contribution in [0.3, 0.4) is 0 Å². The van der Waals surface area contributed by atoms with Gasteiger partial charge in [0.15, 0.2) is 0 Å². The Balaban J connectivity index is 1.56. The first-order chi connectivity index (χ1) is 15.1. The minimum atomic E-state index is -0.0435. The summed E-state index contributed by atoms with van der Waals surface area (Å²) < 4.78 is 17.4. The number of ether oxygens (including phenoxy) is 2. The van der Waals surface area contributed by atoms with Gasteiger partial charge in [-0.2, -0.15) is 0 Å². The van der Waals surface area contributed by atoms with E-state index in [-0.39, 0.29) is 5.43 Å². The number of rotatable bonds is 4.